The first-order valence-corrected chi connectivity index (χ1v) is 6.73. The smallest absolute Gasteiger partial charge is 0.0426 e. The maximum Gasteiger partial charge on any atom is 0.0426 e. The van der Waals surface area contributed by atoms with Crippen LogP contribution in [0.3, 0.4) is 0 Å². The van der Waals surface area contributed by atoms with Crippen LogP contribution in [0.2, 0.25) is 5.02 Å². The van der Waals surface area contributed by atoms with E-state index < -0.39 is 0 Å². The summed E-state index contributed by atoms with van der Waals surface area (Å²) < 4.78 is 0. The molecule has 2 rings (SSSR count). The van der Waals surface area contributed by atoms with E-state index in [1.165, 1.54) is 11.3 Å². The summed E-state index contributed by atoms with van der Waals surface area (Å²) in [5, 5.41) is 0.813. The average molecular weight is 253 g/mol. The van der Waals surface area contributed by atoms with Crippen molar-refractivity contribution in [1.82, 2.24) is 0 Å². The van der Waals surface area contributed by atoms with Crippen molar-refractivity contribution in [1.29, 1.82) is 0 Å². The van der Waals surface area contributed by atoms with Crippen LogP contribution in [0.15, 0.2) is 18.2 Å². The molecule has 0 bridgehead atoms. The van der Waals surface area contributed by atoms with Gasteiger partial charge in [0.25, 0.3) is 0 Å². The monoisotopic (exact) mass is 252 g/mol. The highest BCUT2D eigenvalue weighted by Crippen LogP contribution is 2.32. The van der Waals surface area contributed by atoms with Gasteiger partial charge in [-0.1, -0.05) is 31.5 Å². The van der Waals surface area contributed by atoms with E-state index in [4.69, 9.17) is 17.3 Å². The van der Waals surface area contributed by atoms with E-state index in [1.54, 1.807) is 0 Å². The van der Waals surface area contributed by atoms with Gasteiger partial charge in [0.05, 0.1) is 0 Å². The summed E-state index contributed by atoms with van der Waals surface area (Å²) >= 11 is 6.11. The Morgan fingerprint density at radius 1 is 1.29 bits per heavy atom. The molecule has 0 amide bonds. The third-order valence-corrected chi connectivity index (χ3v) is 4.02. The molecule has 3 heteroatoms. The van der Waals surface area contributed by atoms with Crippen molar-refractivity contribution in [2.75, 3.05) is 24.5 Å². The Bertz CT molecular complexity index is 382. The van der Waals surface area contributed by atoms with Crippen molar-refractivity contribution < 1.29 is 0 Å². The SMILES string of the molecule is CC1CN(c2cc(Cl)ccc2CCN)CC1C. The van der Waals surface area contributed by atoms with E-state index in [2.05, 4.69) is 30.9 Å². The Morgan fingerprint density at radius 2 is 1.94 bits per heavy atom. The molecule has 1 aliphatic heterocycles. The molecule has 1 heterocycles. The number of rotatable bonds is 3. The lowest BCUT2D eigenvalue weighted by Crippen LogP contribution is -2.21. The van der Waals surface area contributed by atoms with E-state index in [0.29, 0.717) is 6.54 Å². The van der Waals surface area contributed by atoms with Crippen LogP contribution in [0, 0.1) is 11.8 Å². The maximum atomic E-state index is 6.11. The third kappa shape index (κ3) is 2.75. The number of hydrogen-bond acceptors (Lipinski definition) is 2. The van der Waals surface area contributed by atoms with Gasteiger partial charge in [-0.05, 0) is 42.5 Å². The Hall–Kier alpha value is -0.730. The van der Waals surface area contributed by atoms with Crippen LogP contribution in [-0.2, 0) is 6.42 Å². The number of benzene rings is 1. The summed E-state index contributed by atoms with van der Waals surface area (Å²) in [5.74, 6) is 1.50. The summed E-state index contributed by atoms with van der Waals surface area (Å²) in [5.41, 5.74) is 8.26. The van der Waals surface area contributed by atoms with E-state index >= 15 is 0 Å². The van der Waals surface area contributed by atoms with Crippen LogP contribution in [0.4, 0.5) is 5.69 Å². The summed E-state index contributed by atoms with van der Waals surface area (Å²) in [6.45, 7) is 7.57. The topological polar surface area (TPSA) is 29.3 Å². The van der Waals surface area contributed by atoms with Crippen LogP contribution in [0.5, 0.6) is 0 Å². The number of nitrogens with zero attached hydrogens (tertiary/aromatic N) is 1. The van der Waals surface area contributed by atoms with Gasteiger partial charge in [-0.2, -0.15) is 0 Å². The molecule has 2 nitrogen and oxygen atoms in total. The highest BCUT2D eigenvalue weighted by molar-refractivity contribution is 6.30. The molecule has 0 radical (unpaired) electrons. The van der Waals surface area contributed by atoms with Crippen molar-refractivity contribution in [3.05, 3.63) is 28.8 Å². The fraction of sp³-hybridized carbons (Fsp3) is 0.571. The highest BCUT2D eigenvalue weighted by atomic mass is 35.5. The summed E-state index contributed by atoms with van der Waals surface area (Å²) in [7, 11) is 0. The molecule has 2 unspecified atom stereocenters. The van der Waals surface area contributed by atoms with Gasteiger partial charge >= 0.3 is 0 Å². The second-order valence-corrected chi connectivity index (χ2v) is 5.61. The normalized spacial score (nSPS) is 24.4. The summed E-state index contributed by atoms with van der Waals surface area (Å²) in [6, 6.07) is 6.15. The van der Waals surface area contributed by atoms with Crippen molar-refractivity contribution in [2.45, 2.75) is 20.3 Å². The van der Waals surface area contributed by atoms with Crippen LogP contribution >= 0.6 is 11.6 Å². The van der Waals surface area contributed by atoms with Crippen LogP contribution in [0.25, 0.3) is 0 Å². The predicted molar refractivity (Wildman–Crippen MR) is 74.8 cm³/mol. The molecule has 0 aromatic heterocycles. The molecule has 1 aliphatic rings. The average Bonchev–Trinajstić information content (AvgIpc) is 2.62. The molecule has 1 saturated heterocycles. The minimum absolute atomic E-state index is 0.688. The minimum Gasteiger partial charge on any atom is -0.371 e. The van der Waals surface area contributed by atoms with Crippen LogP contribution in [0.1, 0.15) is 19.4 Å². The Labute approximate surface area is 109 Å². The first kappa shape index (κ1) is 12.7. The molecule has 17 heavy (non-hydrogen) atoms. The van der Waals surface area contributed by atoms with Crippen molar-refractivity contribution in [3.8, 4) is 0 Å². The van der Waals surface area contributed by atoms with Gasteiger partial charge in [-0.15, -0.1) is 0 Å². The van der Waals surface area contributed by atoms with Crippen LogP contribution in [-0.4, -0.2) is 19.6 Å². The van der Waals surface area contributed by atoms with E-state index in [9.17, 15) is 0 Å². The van der Waals surface area contributed by atoms with Gasteiger partial charge in [0.1, 0.15) is 0 Å². The lowest BCUT2D eigenvalue weighted by molar-refractivity contribution is 0.494. The molecule has 0 aliphatic carbocycles. The number of nitrogens with two attached hydrogens (primary N) is 1. The Kier molecular flexibility index (Phi) is 3.95. The number of anilines is 1. The zero-order chi connectivity index (χ0) is 12.4. The van der Waals surface area contributed by atoms with Gasteiger partial charge in [-0.3, -0.25) is 0 Å². The van der Waals surface area contributed by atoms with Crippen molar-refractivity contribution >= 4 is 17.3 Å². The van der Waals surface area contributed by atoms with E-state index in [0.717, 1.165) is 36.4 Å². The first-order valence-electron chi connectivity index (χ1n) is 6.35. The Balaban J connectivity index is 2.27. The second kappa shape index (κ2) is 5.28. The lowest BCUT2D eigenvalue weighted by Gasteiger charge is -2.22. The molecule has 94 valence electrons. The maximum absolute atomic E-state index is 6.11. The second-order valence-electron chi connectivity index (χ2n) is 5.17. The third-order valence-electron chi connectivity index (χ3n) is 3.79. The summed E-state index contributed by atoms with van der Waals surface area (Å²) in [4.78, 5) is 2.45. The van der Waals surface area contributed by atoms with Gasteiger partial charge in [0, 0.05) is 23.8 Å². The number of hydrogen-bond donors (Lipinski definition) is 1. The van der Waals surface area contributed by atoms with Crippen LogP contribution < -0.4 is 10.6 Å². The van der Waals surface area contributed by atoms with Gasteiger partial charge in [0.2, 0.25) is 0 Å². The minimum atomic E-state index is 0.688. The zero-order valence-electron chi connectivity index (χ0n) is 10.6. The molecule has 1 aromatic rings. The quantitative estimate of drug-likeness (QED) is 0.896. The molecule has 1 aromatic carbocycles. The first-order chi connectivity index (χ1) is 8.11. The molecular formula is C14H21ClN2. The molecule has 2 N–H and O–H groups in total. The fourth-order valence-corrected chi connectivity index (χ4v) is 2.69. The predicted octanol–water partition coefficient (Wildman–Crippen LogP) is 2.93. The molecule has 2 atom stereocenters. The van der Waals surface area contributed by atoms with Gasteiger partial charge in [-0.25, -0.2) is 0 Å². The number of halogens is 1. The molecular weight excluding hydrogens is 232 g/mol. The zero-order valence-corrected chi connectivity index (χ0v) is 11.4. The molecule has 0 saturated carbocycles. The lowest BCUT2D eigenvalue weighted by atomic mass is 10.0. The van der Waals surface area contributed by atoms with E-state index in [-0.39, 0.29) is 0 Å². The van der Waals surface area contributed by atoms with Crippen molar-refractivity contribution in [3.63, 3.8) is 0 Å². The van der Waals surface area contributed by atoms with Crippen molar-refractivity contribution in [2.24, 2.45) is 17.6 Å². The fourth-order valence-electron chi connectivity index (χ4n) is 2.52. The molecule has 1 fully saturated rings. The standard InChI is InChI=1S/C14H21ClN2/c1-10-8-17(9-11(10)2)14-7-13(15)4-3-12(14)5-6-16/h3-4,7,10-11H,5-6,8-9,16H2,1-2H3. The largest absolute Gasteiger partial charge is 0.371 e. The van der Waals surface area contributed by atoms with E-state index in [1.807, 2.05) is 6.07 Å². The van der Waals surface area contributed by atoms with Gasteiger partial charge < -0.3 is 10.6 Å². The van der Waals surface area contributed by atoms with Gasteiger partial charge in [0.15, 0.2) is 0 Å². The molecule has 0 spiro atoms. The highest BCUT2D eigenvalue weighted by Gasteiger charge is 2.27. The summed E-state index contributed by atoms with van der Waals surface area (Å²) in [6.07, 6.45) is 0.922. The Morgan fingerprint density at radius 3 is 2.53 bits per heavy atom.